The SMILES string of the molecule is CC(N)c1cn(CC2CCOCC2)c2ccccc12. The lowest BCUT2D eigenvalue weighted by Gasteiger charge is -2.22. The molecule has 0 radical (unpaired) electrons. The maximum absolute atomic E-state index is 6.09. The van der Waals surface area contributed by atoms with Crippen LogP contribution in [0.15, 0.2) is 30.5 Å². The molecule has 0 bridgehead atoms. The fraction of sp³-hybridized carbons (Fsp3) is 0.500. The number of aromatic nitrogens is 1. The lowest BCUT2D eigenvalue weighted by atomic mass is 10.0. The minimum absolute atomic E-state index is 0.0841. The highest BCUT2D eigenvalue weighted by molar-refractivity contribution is 5.84. The largest absolute Gasteiger partial charge is 0.381 e. The lowest BCUT2D eigenvalue weighted by molar-refractivity contribution is 0.0616. The molecular formula is C16H22N2O. The van der Waals surface area contributed by atoms with Gasteiger partial charge in [0.2, 0.25) is 0 Å². The summed E-state index contributed by atoms with van der Waals surface area (Å²) in [5.41, 5.74) is 8.65. The van der Waals surface area contributed by atoms with Gasteiger partial charge in [-0.15, -0.1) is 0 Å². The second-order valence-corrected chi connectivity index (χ2v) is 5.60. The molecule has 1 saturated heterocycles. The Balaban J connectivity index is 1.94. The molecule has 1 aliphatic rings. The van der Waals surface area contributed by atoms with E-state index in [-0.39, 0.29) is 6.04 Å². The van der Waals surface area contributed by atoms with Gasteiger partial charge < -0.3 is 15.0 Å². The van der Waals surface area contributed by atoms with Crippen LogP contribution in [0.25, 0.3) is 10.9 Å². The van der Waals surface area contributed by atoms with Crippen molar-refractivity contribution in [1.82, 2.24) is 4.57 Å². The first kappa shape index (κ1) is 12.7. The second kappa shape index (κ2) is 5.35. The first-order valence-electron chi connectivity index (χ1n) is 7.17. The molecule has 1 unspecified atom stereocenters. The quantitative estimate of drug-likeness (QED) is 0.919. The number of benzene rings is 1. The minimum atomic E-state index is 0.0841. The zero-order chi connectivity index (χ0) is 13.2. The molecule has 0 amide bonds. The average molecular weight is 258 g/mol. The third-order valence-corrected chi connectivity index (χ3v) is 4.11. The standard InChI is InChI=1S/C16H22N2O/c1-12(17)15-11-18(10-13-6-8-19-9-7-13)16-5-3-2-4-14(15)16/h2-5,11-13H,6-10,17H2,1H3. The van der Waals surface area contributed by atoms with Crippen molar-refractivity contribution in [2.45, 2.75) is 32.4 Å². The predicted octanol–water partition coefficient (Wildman–Crippen LogP) is 3.09. The van der Waals surface area contributed by atoms with Crippen molar-refractivity contribution in [3.8, 4) is 0 Å². The Morgan fingerprint density at radius 1 is 1.32 bits per heavy atom. The van der Waals surface area contributed by atoms with E-state index < -0.39 is 0 Å². The van der Waals surface area contributed by atoms with Gasteiger partial charge >= 0.3 is 0 Å². The zero-order valence-electron chi connectivity index (χ0n) is 11.5. The molecule has 1 aromatic carbocycles. The number of ether oxygens (including phenoxy) is 1. The van der Waals surface area contributed by atoms with Gasteiger partial charge in [0, 0.05) is 42.9 Å². The molecule has 19 heavy (non-hydrogen) atoms. The van der Waals surface area contributed by atoms with Crippen molar-refractivity contribution in [3.05, 3.63) is 36.0 Å². The Hall–Kier alpha value is -1.32. The molecule has 2 aromatic rings. The topological polar surface area (TPSA) is 40.2 Å². The van der Waals surface area contributed by atoms with Crippen LogP contribution in [0.1, 0.15) is 31.4 Å². The number of hydrogen-bond donors (Lipinski definition) is 1. The first-order valence-corrected chi connectivity index (χ1v) is 7.17. The second-order valence-electron chi connectivity index (χ2n) is 5.60. The molecule has 1 aromatic heterocycles. The van der Waals surface area contributed by atoms with Crippen molar-refractivity contribution in [2.24, 2.45) is 11.7 Å². The third kappa shape index (κ3) is 2.53. The fourth-order valence-corrected chi connectivity index (χ4v) is 3.00. The Morgan fingerprint density at radius 2 is 2.05 bits per heavy atom. The van der Waals surface area contributed by atoms with Crippen LogP contribution < -0.4 is 5.73 Å². The normalized spacial score (nSPS) is 18.8. The fourth-order valence-electron chi connectivity index (χ4n) is 3.00. The van der Waals surface area contributed by atoms with Gasteiger partial charge in [0.1, 0.15) is 0 Å². The van der Waals surface area contributed by atoms with Crippen LogP contribution in [-0.4, -0.2) is 17.8 Å². The summed E-state index contributed by atoms with van der Waals surface area (Å²) in [5, 5.41) is 1.30. The molecule has 1 fully saturated rings. The zero-order valence-corrected chi connectivity index (χ0v) is 11.5. The molecule has 0 saturated carbocycles. The molecule has 0 spiro atoms. The number of nitrogens with zero attached hydrogens (tertiary/aromatic N) is 1. The van der Waals surface area contributed by atoms with E-state index in [0.29, 0.717) is 0 Å². The Labute approximate surface area is 114 Å². The van der Waals surface area contributed by atoms with Crippen LogP contribution >= 0.6 is 0 Å². The van der Waals surface area contributed by atoms with E-state index in [2.05, 4.69) is 42.0 Å². The van der Waals surface area contributed by atoms with Gasteiger partial charge in [-0.25, -0.2) is 0 Å². The molecule has 2 N–H and O–H groups in total. The highest BCUT2D eigenvalue weighted by Crippen LogP contribution is 2.27. The van der Waals surface area contributed by atoms with E-state index >= 15 is 0 Å². The molecule has 3 nitrogen and oxygen atoms in total. The Morgan fingerprint density at radius 3 is 2.79 bits per heavy atom. The number of hydrogen-bond acceptors (Lipinski definition) is 2. The van der Waals surface area contributed by atoms with Crippen LogP contribution in [0.2, 0.25) is 0 Å². The number of rotatable bonds is 3. The van der Waals surface area contributed by atoms with E-state index in [1.165, 1.54) is 29.3 Å². The summed E-state index contributed by atoms with van der Waals surface area (Å²) in [4.78, 5) is 0. The third-order valence-electron chi connectivity index (χ3n) is 4.11. The monoisotopic (exact) mass is 258 g/mol. The molecule has 0 aliphatic carbocycles. The Bertz CT molecular complexity index is 553. The van der Waals surface area contributed by atoms with E-state index in [9.17, 15) is 0 Å². The minimum Gasteiger partial charge on any atom is -0.381 e. The van der Waals surface area contributed by atoms with Gasteiger partial charge in [-0.2, -0.15) is 0 Å². The summed E-state index contributed by atoms with van der Waals surface area (Å²) in [6.45, 7) is 4.95. The summed E-state index contributed by atoms with van der Waals surface area (Å²) in [5.74, 6) is 0.727. The maximum atomic E-state index is 6.09. The summed E-state index contributed by atoms with van der Waals surface area (Å²) in [7, 11) is 0. The van der Waals surface area contributed by atoms with E-state index in [1.807, 2.05) is 0 Å². The molecule has 3 heteroatoms. The van der Waals surface area contributed by atoms with Gasteiger partial charge in [-0.3, -0.25) is 0 Å². The lowest BCUT2D eigenvalue weighted by Crippen LogP contribution is -2.20. The molecule has 1 atom stereocenters. The molecule has 102 valence electrons. The van der Waals surface area contributed by atoms with Gasteiger partial charge in [-0.05, 0) is 37.3 Å². The van der Waals surface area contributed by atoms with Gasteiger partial charge in [0.05, 0.1) is 0 Å². The number of nitrogens with two attached hydrogens (primary N) is 1. The highest BCUT2D eigenvalue weighted by Gasteiger charge is 2.17. The van der Waals surface area contributed by atoms with Gasteiger partial charge in [0.25, 0.3) is 0 Å². The van der Waals surface area contributed by atoms with Crippen LogP contribution in [-0.2, 0) is 11.3 Å². The van der Waals surface area contributed by atoms with Gasteiger partial charge in [0.15, 0.2) is 0 Å². The summed E-state index contributed by atoms with van der Waals surface area (Å²) >= 11 is 0. The summed E-state index contributed by atoms with van der Waals surface area (Å²) < 4.78 is 7.82. The summed E-state index contributed by atoms with van der Waals surface area (Å²) in [6.07, 6.45) is 4.57. The number of para-hydroxylation sites is 1. The van der Waals surface area contributed by atoms with Crippen molar-refractivity contribution < 1.29 is 4.74 Å². The smallest absolute Gasteiger partial charge is 0.0483 e. The van der Waals surface area contributed by atoms with Crippen LogP contribution in [0.3, 0.4) is 0 Å². The van der Waals surface area contributed by atoms with E-state index in [4.69, 9.17) is 10.5 Å². The highest BCUT2D eigenvalue weighted by atomic mass is 16.5. The van der Waals surface area contributed by atoms with Crippen molar-refractivity contribution >= 4 is 10.9 Å². The van der Waals surface area contributed by atoms with E-state index in [1.54, 1.807) is 0 Å². The van der Waals surface area contributed by atoms with E-state index in [0.717, 1.165) is 25.7 Å². The Kier molecular flexibility index (Phi) is 3.58. The van der Waals surface area contributed by atoms with Crippen LogP contribution in [0.4, 0.5) is 0 Å². The van der Waals surface area contributed by atoms with Crippen molar-refractivity contribution in [2.75, 3.05) is 13.2 Å². The van der Waals surface area contributed by atoms with Crippen LogP contribution in [0.5, 0.6) is 0 Å². The van der Waals surface area contributed by atoms with Crippen molar-refractivity contribution in [1.29, 1.82) is 0 Å². The summed E-state index contributed by atoms with van der Waals surface area (Å²) in [6, 6.07) is 8.65. The molecule has 1 aliphatic heterocycles. The average Bonchev–Trinajstić information content (AvgIpc) is 2.79. The maximum Gasteiger partial charge on any atom is 0.0483 e. The molecule has 3 rings (SSSR count). The number of fused-ring (bicyclic) bond motifs is 1. The van der Waals surface area contributed by atoms with Crippen LogP contribution in [0, 0.1) is 5.92 Å². The molecular weight excluding hydrogens is 236 g/mol. The predicted molar refractivity (Wildman–Crippen MR) is 78.1 cm³/mol. The van der Waals surface area contributed by atoms with Gasteiger partial charge in [-0.1, -0.05) is 18.2 Å². The molecule has 2 heterocycles. The first-order chi connectivity index (χ1) is 9.25. The van der Waals surface area contributed by atoms with Crippen molar-refractivity contribution in [3.63, 3.8) is 0 Å².